The van der Waals surface area contributed by atoms with Gasteiger partial charge in [-0.3, -0.25) is 0 Å². The maximum atomic E-state index is 2.45. The molecular weight excluding hydrogens is 180 g/mol. The van der Waals surface area contributed by atoms with Crippen LogP contribution in [0.4, 0.5) is 0 Å². The average Bonchev–Trinajstić information content (AvgIpc) is 2.29. The summed E-state index contributed by atoms with van der Waals surface area (Å²) in [5.41, 5.74) is 0. The van der Waals surface area contributed by atoms with Crippen molar-refractivity contribution in [2.75, 3.05) is 0 Å². The van der Waals surface area contributed by atoms with Crippen LogP contribution >= 0.6 is 0 Å². The molecule has 0 heteroatoms. The highest BCUT2D eigenvalue weighted by molar-refractivity contribution is 4.97. The minimum atomic E-state index is 0.947. The predicted octanol–water partition coefficient (Wildman–Crippen LogP) is 5.13. The standard InChI is InChI=1S/C15H27/c1-13-7-5-6-10-15(13)12-11-14-8-3-2-4-9-14/h13-14H,2-12H2,1H3. The Kier molecular flexibility index (Phi) is 4.53. The highest BCUT2D eigenvalue weighted by Crippen LogP contribution is 2.37. The molecule has 15 heavy (non-hydrogen) atoms. The summed E-state index contributed by atoms with van der Waals surface area (Å²) >= 11 is 0. The van der Waals surface area contributed by atoms with Crippen molar-refractivity contribution in [1.29, 1.82) is 0 Å². The smallest absolute Gasteiger partial charge is 0.0213 e. The van der Waals surface area contributed by atoms with Gasteiger partial charge < -0.3 is 0 Å². The molecule has 0 aromatic heterocycles. The van der Waals surface area contributed by atoms with Crippen LogP contribution in [0.1, 0.15) is 77.6 Å². The van der Waals surface area contributed by atoms with Crippen molar-refractivity contribution in [2.45, 2.75) is 77.6 Å². The molecule has 0 spiro atoms. The van der Waals surface area contributed by atoms with Crippen molar-refractivity contribution in [3.63, 3.8) is 0 Å². The van der Waals surface area contributed by atoms with Crippen LogP contribution in [-0.4, -0.2) is 0 Å². The molecule has 2 aliphatic rings. The van der Waals surface area contributed by atoms with Gasteiger partial charge in [0.1, 0.15) is 0 Å². The maximum Gasteiger partial charge on any atom is -0.0213 e. The van der Waals surface area contributed by atoms with E-state index in [4.69, 9.17) is 0 Å². The normalized spacial score (nSPS) is 30.6. The molecule has 0 bridgehead atoms. The number of hydrogen-bond acceptors (Lipinski definition) is 0. The Hall–Kier alpha value is 0. The van der Waals surface area contributed by atoms with E-state index in [0.29, 0.717) is 0 Å². The van der Waals surface area contributed by atoms with E-state index in [-0.39, 0.29) is 0 Å². The first-order valence-electron chi connectivity index (χ1n) is 7.21. The van der Waals surface area contributed by atoms with Crippen LogP contribution in [0.5, 0.6) is 0 Å². The van der Waals surface area contributed by atoms with E-state index in [2.05, 4.69) is 6.92 Å². The Bertz CT molecular complexity index is 167. The van der Waals surface area contributed by atoms with Crippen LogP contribution in [0.3, 0.4) is 0 Å². The molecule has 1 atom stereocenters. The Morgan fingerprint density at radius 1 is 0.933 bits per heavy atom. The molecule has 2 aliphatic carbocycles. The van der Waals surface area contributed by atoms with Crippen molar-refractivity contribution < 1.29 is 0 Å². The first-order chi connectivity index (χ1) is 7.36. The van der Waals surface area contributed by atoms with Gasteiger partial charge in [-0.15, -0.1) is 0 Å². The zero-order chi connectivity index (χ0) is 10.5. The van der Waals surface area contributed by atoms with Gasteiger partial charge in [0, 0.05) is 0 Å². The van der Waals surface area contributed by atoms with Gasteiger partial charge >= 0.3 is 0 Å². The lowest BCUT2D eigenvalue weighted by Crippen LogP contribution is -2.16. The van der Waals surface area contributed by atoms with Gasteiger partial charge in [0.05, 0.1) is 0 Å². The Morgan fingerprint density at radius 3 is 2.40 bits per heavy atom. The zero-order valence-electron chi connectivity index (χ0n) is 10.4. The van der Waals surface area contributed by atoms with Gasteiger partial charge in [0.15, 0.2) is 0 Å². The predicted molar refractivity (Wildman–Crippen MR) is 66.7 cm³/mol. The van der Waals surface area contributed by atoms with Crippen molar-refractivity contribution in [3.8, 4) is 0 Å². The van der Waals surface area contributed by atoms with Crippen molar-refractivity contribution in [3.05, 3.63) is 5.92 Å². The molecule has 1 unspecified atom stereocenters. The number of rotatable bonds is 3. The van der Waals surface area contributed by atoms with Crippen molar-refractivity contribution in [2.24, 2.45) is 11.8 Å². The Labute approximate surface area is 95.8 Å². The summed E-state index contributed by atoms with van der Waals surface area (Å²) in [7, 11) is 0. The lowest BCUT2D eigenvalue weighted by molar-refractivity contribution is 0.312. The molecule has 2 saturated carbocycles. The van der Waals surface area contributed by atoms with Crippen LogP contribution in [0.15, 0.2) is 0 Å². The Morgan fingerprint density at radius 2 is 1.67 bits per heavy atom. The van der Waals surface area contributed by atoms with Crippen LogP contribution in [0, 0.1) is 17.8 Å². The molecule has 0 aliphatic heterocycles. The second-order valence-electron chi connectivity index (χ2n) is 5.85. The Balaban J connectivity index is 1.67. The molecule has 0 saturated heterocycles. The van der Waals surface area contributed by atoms with Gasteiger partial charge in [-0.25, -0.2) is 0 Å². The van der Waals surface area contributed by atoms with Gasteiger partial charge in [0.2, 0.25) is 0 Å². The summed E-state index contributed by atoms with van der Waals surface area (Å²) in [5, 5.41) is 0. The summed E-state index contributed by atoms with van der Waals surface area (Å²) in [6.07, 6.45) is 16.4. The van der Waals surface area contributed by atoms with E-state index < -0.39 is 0 Å². The summed E-state index contributed by atoms with van der Waals surface area (Å²) in [4.78, 5) is 0. The molecule has 2 rings (SSSR count). The highest BCUT2D eigenvalue weighted by atomic mass is 14.3. The van der Waals surface area contributed by atoms with E-state index in [1.807, 2.05) is 5.92 Å². The third-order valence-corrected chi connectivity index (χ3v) is 4.68. The largest absolute Gasteiger partial charge is 0.0620 e. The highest BCUT2D eigenvalue weighted by Gasteiger charge is 2.23. The fraction of sp³-hybridized carbons (Fsp3) is 0.933. The zero-order valence-corrected chi connectivity index (χ0v) is 10.4. The van der Waals surface area contributed by atoms with Crippen LogP contribution in [-0.2, 0) is 0 Å². The maximum absolute atomic E-state index is 2.45. The second kappa shape index (κ2) is 5.92. The quantitative estimate of drug-likeness (QED) is 0.601. The molecule has 0 heterocycles. The molecule has 0 N–H and O–H groups in total. The minimum Gasteiger partial charge on any atom is -0.0620 e. The molecule has 87 valence electrons. The first-order valence-corrected chi connectivity index (χ1v) is 7.21. The van der Waals surface area contributed by atoms with E-state index in [0.717, 1.165) is 11.8 Å². The van der Waals surface area contributed by atoms with Gasteiger partial charge in [0.25, 0.3) is 0 Å². The lowest BCUT2D eigenvalue weighted by Gasteiger charge is -2.30. The SMILES string of the molecule is CC1CCCC[C]1CCC1CCCCC1. The van der Waals surface area contributed by atoms with E-state index >= 15 is 0 Å². The fourth-order valence-electron chi connectivity index (χ4n) is 3.49. The molecule has 2 fully saturated rings. The molecule has 0 aromatic carbocycles. The van der Waals surface area contributed by atoms with Crippen LogP contribution in [0.2, 0.25) is 0 Å². The molecule has 0 nitrogen and oxygen atoms in total. The monoisotopic (exact) mass is 207 g/mol. The third-order valence-electron chi connectivity index (χ3n) is 4.68. The molecule has 1 radical (unpaired) electrons. The molecule has 0 aromatic rings. The topological polar surface area (TPSA) is 0 Å². The molecular formula is C15H27. The summed E-state index contributed by atoms with van der Waals surface area (Å²) in [5.74, 6) is 3.94. The minimum absolute atomic E-state index is 0.947. The van der Waals surface area contributed by atoms with Crippen molar-refractivity contribution >= 4 is 0 Å². The van der Waals surface area contributed by atoms with E-state index in [9.17, 15) is 0 Å². The van der Waals surface area contributed by atoms with E-state index in [1.54, 1.807) is 0 Å². The summed E-state index contributed by atoms with van der Waals surface area (Å²) < 4.78 is 0. The lowest BCUT2D eigenvalue weighted by atomic mass is 9.75. The molecule has 0 amide bonds. The summed E-state index contributed by atoms with van der Waals surface area (Å²) in [6, 6.07) is 0. The third kappa shape index (κ3) is 3.50. The van der Waals surface area contributed by atoms with Gasteiger partial charge in [-0.05, 0) is 37.0 Å². The van der Waals surface area contributed by atoms with Crippen LogP contribution in [0.25, 0.3) is 0 Å². The van der Waals surface area contributed by atoms with E-state index in [1.165, 1.54) is 70.6 Å². The van der Waals surface area contributed by atoms with Crippen molar-refractivity contribution in [1.82, 2.24) is 0 Å². The second-order valence-corrected chi connectivity index (χ2v) is 5.85. The van der Waals surface area contributed by atoms with Gasteiger partial charge in [-0.2, -0.15) is 0 Å². The van der Waals surface area contributed by atoms with Crippen LogP contribution < -0.4 is 0 Å². The first kappa shape index (κ1) is 11.5. The van der Waals surface area contributed by atoms with Gasteiger partial charge in [-0.1, -0.05) is 58.3 Å². The average molecular weight is 207 g/mol. The fourth-order valence-corrected chi connectivity index (χ4v) is 3.49. The number of hydrogen-bond donors (Lipinski definition) is 0. The summed E-state index contributed by atoms with van der Waals surface area (Å²) in [6.45, 7) is 2.45.